The van der Waals surface area contributed by atoms with Crippen LogP contribution in [-0.2, 0) is 0 Å². The maximum atomic E-state index is 9.47. The van der Waals surface area contributed by atoms with Crippen molar-refractivity contribution in [3.05, 3.63) is 471 Å². The van der Waals surface area contributed by atoms with Gasteiger partial charge in [-0.1, -0.05) is 362 Å². The van der Waals surface area contributed by atoms with Gasteiger partial charge in [0.15, 0.2) is 8.07 Å². The first-order chi connectivity index (χ1) is 72.3. The molecule has 4 heterocycles. The third-order valence-electron chi connectivity index (χ3n) is 23.0. The highest BCUT2D eigenvalue weighted by molar-refractivity contribution is 7.20. The van der Waals surface area contributed by atoms with Gasteiger partial charge in [0, 0.05) is 76.7 Å². The lowest BCUT2D eigenvalue weighted by molar-refractivity contribution is 1.17. The first kappa shape index (κ1) is 47.1. The molecule has 0 aliphatic heterocycles. The van der Waals surface area contributed by atoms with Crippen LogP contribution in [0.15, 0.2) is 460 Å². The summed E-state index contributed by atoms with van der Waals surface area (Å²) in [5.41, 5.74) is 7.26. The molecule has 570 valence electrons. The summed E-state index contributed by atoms with van der Waals surface area (Å²) in [5, 5.41) is 11.8. The summed E-state index contributed by atoms with van der Waals surface area (Å²) in [7, 11) is -3.03. The smallest absolute Gasteiger partial charge is 0.179 e. The maximum absolute atomic E-state index is 9.47. The minimum absolute atomic E-state index is 0.0349. The Morgan fingerprint density at radius 1 is 0.190 bits per heavy atom. The van der Waals surface area contributed by atoms with Crippen molar-refractivity contribution >= 4 is 116 Å². The summed E-state index contributed by atoms with van der Waals surface area (Å²) in [6.45, 7) is 4.10. The molecule has 0 unspecified atom stereocenters. The lowest BCUT2D eigenvalue weighted by atomic mass is 9.90. The predicted octanol–water partition coefficient (Wildman–Crippen LogP) is 27.8. The van der Waals surface area contributed by atoms with E-state index in [1.807, 2.05) is 117 Å². The second kappa shape index (κ2) is 30.3. The molecule has 0 saturated carbocycles. The zero-order valence-electron chi connectivity index (χ0n) is 94.8. The van der Waals surface area contributed by atoms with Crippen LogP contribution in [0.4, 0.5) is 0 Å². The largest absolute Gasteiger partial charge is 0.309 e. The van der Waals surface area contributed by atoms with E-state index in [2.05, 4.69) is 155 Å². The number of para-hydroxylation sites is 3. The SMILES string of the molecule is [2H]c1c([2H])c([2H])c(-c2cc(-c3c([2H])c([2H])c([2H])c([2H])c3[2H])c(-n3c4ccccc4c4cc(-n5c6ccc(C)cc6c6cc(C)ccc65)ccc43)c(-c3c([2H])c([2H])c([2H])c([2H])c3[2H])c2)c([2H])c1[2H].[2H]c1c([2H])c([2H])c(-c2cc(-c3c([2H])c([2H])c([2H])c([2H])c3[2H])c(-n3c4ccccc4c4cc(-n5c6ccccc6c6ccc([Si](c7ccccc7)(c7ccccc7)c7ccccc7)cc65)ccc43)c(-c3c([2H])c([2H])c([2H])c([2H])c3[2H])c2)c([2H])c1[2H]. The monoisotopic (exact) mass is 1590 g/mol. The second-order valence-electron chi connectivity index (χ2n) is 29.8. The molecule has 23 aromatic rings. The summed E-state index contributed by atoms with van der Waals surface area (Å²) in [6, 6.07) is 72.2. The number of hydrogen-bond donors (Lipinski definition) is 0. The maximum Gasteiger partial charge on any atom is 0.179 e. The van der Waals surface area contributed by atoms with Crippen molar-refractivity contribution in [2.24, 2.45) is 0 Å². The fourth-order valence-electron chi connectivity index (χ4n) is 17.9. The fraction of sp³-hybridized carbons (Fsp3) is 0.0172. The summed E-state index contributed by atoms with van der Waals surface area (Å²) in [4.78, 5) is 0. The molecule has 0 atom stereocenters. The van der Waals surface area contributed by atoms with Gasteiger partial charge in [-0.2, -0.15) is 0 Å². The van der Waals surface area contributed by atoms with Crippen LogP contribution >= 0.6 is 0 Å². The summed E-state index contributed by atoms with van der Waals surface area (Å²) in [5.74, 6) is 0. The molecule has 0 aliphatic rings. The Labute approximate surface area is 747 Å². The summed E-state index contributed by atoms with van der Waals surface area (Å²) in [6.07, 6.45) is 0. The molecule has 19 aromatic carbocycles. The normalized spacial score (nSPS) is 15.2. The van der Waals surface area contributed by atoms with E-state index in [1.165, 1.54) is 39.8 Å². The van der Waals surface area contributed by atoms with Crippen molar-refractivity contribution in [3.8, 4) is 89.5 Å². The Morgan fingerprint density at radius 3 is 0.826 bits per heavy atom. The Balaban J connectivity index is 0.000000175. The third kappa shape index (κ3) is 12.3. The average molecular weight is 1590 g/mol. The van der Waals surface area contributed by atoms with Gasteiger partial charge in [0.05, 0.1) is 96.6 Å². The number of aryl methyl sites for hydroxylation is 2. The first-order valence-corrected chi connectivity index (χ1v) is 41.4. The lowest BCUT2D eigenvalue weighted by Crippen LogP contribution is -2.74. The molecule has 0 amide bonds. The van der Waals surface area contributed by atoms with Crippen LogP contribution in [0.1, 0.15) is 52.2 Å². The predicted molar refractivity (Wildman–Crippen MR) is 516 cm³/mol. The van der Waals surface area contributed by atoms with Crippen molar-refractivity contribution in [3.63, 3.8) is 0 Å². The van der Waals surface area contributed by atoms with Crippen molar-refractivity contribution in [1.29, 1.82) is 0 Å². The average Bonchev–Trinajstić information content (AvgIpc) is 1.58. The Bertz CT molecular complexity index is 9360. The van der Waals surface area contributed by atoms with Crippen molar-refractivity contribution in [2.45, 2.75) is 13.8 Å². The van der Waals surface area contributed by atoms with Gasteiger partial charge < -0.3 is 18.3 Å². The highest BCUT2D eigenvalue weighted by atomic mass is 28.3. The molecule has 121 heavy (non-hydrogen) atoms. The molecule has 0 N–H and O–H groups in total. The molecule has 0 saturated heterocycles. The zero-order chi connectivity index (χ0) is 107. The van der Waals surface area contributed by atoms with Crippen molar-refractivity contribution < 1.29 is 41.1 Å². The number of benzene rings is 19. The number of hydrogen-bond acceptors (Lipinski definition) is 0. The Morgan fingerprint density at radius 2 is 0.463 bits per heavy atom. The van der Waals surface area contributed by atoms with Gasteiger partial charge in [-0.3, -0.25) is 0 Å². The van der Waals surface area contributed by atoms with Crippen molar-refractivity contribution in [2.75, 3.05) is 0 Å². The van der Waals surface area contributed by atoms with E-state index in [1.54, 1.807) is 15.2 Å². The van der Waals surface area contributed by atoms with Crippen LogP contribution in [0.25, 0.3) is 177 Å². The highest BCUT2D eigenvalue weighted by Gasteiger charge is 2.42. The van der Waals surface area contributed by atoms with E-state index in [4.69, 9.17) is 30.2 Å². The highest BCUT2D eigenvalue weighted by Crippen LogP contribution is 2.48. The van der Waals surface area contributed by atoms with Gasteiger partial charge in [-0.15, -0.1) is 0 Å². The topological polar surface area (TPSA) is 19.7 Å². The number of fused-ring (bicyclic) bond motifs is 12. The van der Waals surface area contributed by atoms with E-state index in [-0.39, 0.29) is 78.1 Å². The van der Waals surface area contributed by atoms with E-state index >= 15 is 0 Å². The molecule has 0 spiro atoms. The van der Waals surface area contributed by atoms with Gasteiger partial charge in [0.2, 0.25) is 0 Å². The van der Waals surface area contributed by atoms with Crippen molar-refractivity contribution in [1.82, 2.24) is 18.3 Å². The molecule has 23 rings (SSSR count). The molecule has 4 nitrogen and oxygen atoms in total. The van der Waals surface area contributed by atoms with Crippen LogP contribution in [0.5, 0.6) is 0 Å². The zero-order valence-corrected chi connectivity index (χ0v) is 65.8. The lowest BCUT2D eigenvalue weighted by Gasteiger charge is -2.34. The van der Waals surface area contributed by atoms with Gasteiger partial charge in [-0.05, 0) is 188 Å². The molecule has 0 aliphatic carbocycles. The minimum Gasteiger partial charge on any atom is -0.309 e. The molecule has 0 fully saturated rings. The molecule has 0 bridgehead atoms. The van der Waals surface area contributed by atoms with Gasteiger partial charge in [0.1, 0.15) is 0 Å². The minimum atomic E-state index is -3.03. The Kier molecular flexibility index (Phi) is 11.8. The van der Waals surface area contributed by atoms with Gasteiger partial charge in [0.25, 0.3) is 0 Å². The van der Waals surface area contributed by atoms with Crippen LogP contribution in [0.2, 0.25) is 0 Å². The number of aromatic nitrogens is 4. The molecular weight excluding hydrogens is 1480 g/mol. The van der Waals surface area contributed by atoms with E-state index in [9.17, 15) is 11.0 Å². The van der Waals surface area contributed by atoms with Gasteiger partial charge in [-0.25, -0.2) is 0 Å². The quantitative estimate of drug-likeness (QED) is 0.0764. The fourth-order valence-corrected chi connectivity index (χ4v) is 22.7. The van der Waals surface area contributed by atoms with E-state index < -0.39 is 189 Å². The number of nitrogens with zero attached hydrogens (tertiary/aromatic N) is 4. The van der Waals surface area contributed by atoms with E-state index in [0.29, 0.717) is 32.8 Å². The molecule has 5 heteroatoms. The third-order valence-corrected chi connectivity index (χ3v) is 27.7. The van der Waals surface area contributed by atoms with Gasteiger partial charge >= 0.3 is 0 Å². The van der Waals surface area contributed by atoms with E-state index in [0.717, 1.165) is 82.1 Å². The number of rotatable bonds is 14. The van der Waals surface area contributed by atoms with Crippen LogP contribution < -0.4 is 20.7 Å². The first-order valence-electron chi connectivity index (χ1n) is 54.4. The molecular formula is C116H82N4Si. The standard InChI is InChI=1S/C66H46N2Si.C50H36N2/c1-7-23-47(24-8-1)50-43-59(48-25-9-2-10-26-48)66(60(44-50)49-27-11-3-12-28-49)68-63-38-22-20-36-57(63)61-45-51(39-42-64(61)68)67-62-37-21-19-35-56(62)58-41-40-55(46-65(58)67)69(52-29-13-4-14-30-52,53-31-15-5-16-32-53)54-33-17-6-18-34-54;1-33-22-25-47-43(28-33)44-29-34(2)23-26-48(44)51(47)39-24-27-49-45(32-39)40-20-12-13-21-46(40)52(49)50-41(36-16-8-4-9-17-36)30-38(35-14-6-3-7-15-35)31-42(50)37-18-10-5-11-19-37/h1-46H;3-32H,1-2H3/i1D,2D,3D,7D,8D,9D,10D,11D,12D,23D,24D,25D,26D,27D,28D;3D,4D,5D,6D,7D,8D,9D,10D,11D,14D,15D,16D,17D,18D,19D. The summed E-state index contributed by atoms with van der Waals surface area (Å²) >= 11 is 0. The molecule has 4 aromatic heterocycles. The van der Waals surface area contributed by atoms with Crippen LogP contribution in [0.3, 0.4) is 0 Å². The molecule has 0 radical (unpaired) electrons. The summed E-state index contributed by atoms with van der Waals surface area (Å²) < 4.78 is 276. The second-order valence-corrected chi connectivity index (χ2v) is 33.6. The van der Waals surface area contributed by atoms with Crippen LogP contribution in [0, 0.1) is 13.8 Å². The van der Waals surface area contributed by atoms with Crippen LogP contribution in [-0.4, -0.2) is 26.3 Å². The Hall–Kier alpha value is -15.4.